The Balaban J connectivity index is 2.05. The lowest BCUT2D eigenvalue weighted by Crippen LogP contribution is -2.43. The molecule has 0 bridgehead atoms. The summed E-state index contributed by atoms with van der Waals surface area (Å²) in [4.78, 5) is 2.41. The van der Waals surface area contributed by atoms with Crippen molar-refractivity contribution in [2.75, 3.05) is 32.7 Å². The SMILES string of the molecule is Cc1cc(C)c(C#CCN2CCNCC2)c(C)c1. The third kappa shape index (κ3) is 3.35. The Labute approximate surface area is 110 Å². The molecule has 2 nitrogen and oxygen atoms in total. The average Bonchev–Trinajstić information content (AvgIpc) is 2.34. The Kier molecular flexibility index (Phi) is 4.41. The molecule has 1 aromatic carbocycles. The number of rotatable bonds is 1. The summed E-state index contributed by atoms with van der Waals surface area (Å²) >= 11 is 0. The number of benzene rings is 1. The molecule has 0 amide bonds. The van der Waals surface area contributed by atoms with E-state index in [0.29, 0.717) is 0 Å². The van der Waals surface area contributed by atoms with Gasteiger partial charge in [-0.2, -0.15) is 0 Å². The highest BCUT2D eigenvalue weighted by atomic mass is 15.2. The average molecular weight is 242 g/mol. The quantitative estimate of drug-likeness (QED) is 0.756. The molecule has 1 aliphatic heterocycles. The molecule has 0 aliphatic carbocycles. The molecule has 1 heterocycles. The van der Waals surface area contributed by atoms with Crippen LogP contribution < -0.4 is 5.32 Å². The summed E-state index contributed by atoms with van der Waals surface area (Å²) in [7, 11) is 0. The van der Waals surface area contributed by atoms with Crippen molar-refractivity contribution >= 4 is 0 Å². The molecule has 0 aromatic heterocycles. The molecule has 1 N–H and O–H groups in total. The van der Waals surface area contributed by atoms with E-state index in [1.165, 1.54) is 22.3 Å². The van der Waals surface area contributed by atoms with Crippen molar-refractivity contribution in [3.63, 3.8) is 0 Å². The van der Waals surface area contributed by atoms with Crippen molar-refractivity contribution in [2.45, 2.75) is 20.8 Å². The first-order valence-corrected chi connectivity index (χ1v) is 6.66. The minimum atomic E-state index is 0.883. The summed E-state index contributed by atoms with van der Waals surface area (Å²) in [6.45, 7) is 11.7. The van der Waals surface area contributed by atoms with Gasteiger partial charge >= 0.3 is 0 Å². The van der Waals surface area contributed by atoms with Crippen LogP contribution in [0.4, 0.5) is 0 Å². The van der Waals surface area contributed by atoms with Gasteiger partial charge in [0.15, 0.2) is 0 Å². The van der Waals surface area contributed by atoms with Gasteiger partial charge in [0, 0.05) is 31.7 Å². The zero-order valence-corrected chi connectivity index (χ0v) is 11.6. The topological polar surface area (TPSA) is 15.3 Å². The molecule has 0 spiro atoms. The molecule has 1 saturated heterocycles. The van der Waals surface area contributed by atoms with E-state index in [0.717, 1.165) is 32.7 Å². The van der Waals surface area contributed by atoms with Crippen LogP contribution in [0.3, 0.4) is 0 Å². The number of aryl methyl sites for hydroxylation is 3. The molecule has 18 heavy (non-hydrogen) atoms. The smallest absolute Gasteiger partial charge is 0.0606 e. The number of nitrogens with zero attached hydrogens (tertiary/aromatic N) is 1. The molecule has 0 saturated carbocycles. The van der Waals surface area contributed by atoms with E-state index < -0.39 is 0 Å². The first-order chi connectivity index (χ1) is 8.66. The van der Waals surface area contributed by atoms with Gasteiger partial charge < -0.3 is 5.32 Å². The number of hydrogen-bond acceptors (Lipinski definition) is 2. The monoisotopic (exact) mass is 242 g/mol. The molecule has 96 valence electrons. The molecule has 2 heteroatoms. The summed E-state index contributed by atoms with van der Waals surface area (Å²) in [5, 5.41) is 3.36. The van der Waals surface area contributed by atoms with Crippen molar-refractivity contribution in [2.24, 2.45) is 0 Å². The van der Waals surface area contributed by atoms with Crippen LogP contribution in [0.15, 0.2) is 12.1 Å². The first kappa shape index (κ1) is 13.1. The second-order valence-electron chi connectivity index (χ2n) is 5.10. The van der Waals surface area contributed by atoms with E-state index in [-0.39, 0.29) is 0 Å². The molecular weight excluding hydrogens is 220 g/mol. The van der Waals surface area contributed by atoms with Gasteiger partial charge in [-0.1, -0.05) is 29.5 Å². The molecule has 0 atom stereocenters. The van der Waals surface area contributed by atoms with Gasteiger partial charge in [0.25, 0.3) is 0 Å². The van der Waals surface area contributed by atoms with Crippen LogP contribution in [0, 0.1) is 32.6 Å². The van der Waals surface area contributed by atoms with E-state index in [1.54, 1.807) is 0 Å². The third-order valence-corrected chi connectivity index (χ3v) is 3.40. The lowest BCUT2D eigenvalue weighted by Gasteiger charge is -2.24. The Morgan fingerprint density at radius 1 is 1.11 bits per heavy atom. The van der Waals surface area contributed by atoms with Crippen molar-refractivity contribution < 1.29 is 0 Å². The van der Waals surface area contributed by atoms with Gasteiger partial charge in [0.1, 0.15) is 0 Å². The molecule has 1 fully saturated rings. The van der Waals surface area contributed by atoms with E-state index in [1.807, 2.05) is 0 Å². The highest BCUT2D eigenvalue weighted by Gasteiger charge is 2.07. The van der Waals surface area contributed by atoms with Crippen molar-refractivity contribution in [3.05, 3.63) is 34.4 Å². The maximum Gasteiger partial charge on any atom is 0.0606 e. The fraction of sp³-hybridized carbons (Fsp3) is 0.500. The highest BCUT2D eigenvalue weighted by Crippen LogP contribution is 2.14. The second-order valence-corrected chi connectivity index (χ2v) is 5.10. The Bertz CT molecular complexity index is 451. The summed E-state index contributed by atoms with van der Waals surface area (Å²) in [6.07, 6.45) is 0. The maximum absolute atomic E-state index is 3.36. The fourth-order valence-corrected chi connectivity index (χ4v) is 2.49. The van der Waals surface area contributed by atoms with Crippen LogP contribution in [0.1, 0.15) is 22.3 Å². The summed E-state index contributed by atoms with van der Waals surface area (Å²) in [6, 6.07) is 4.42. The minimum Gasteiger partial charge on any atom is -0.314 e. The zero-order valence-electron chi connectivity index (χ0n) is 11.6. The predicted molar refractivity (Wildman–Crippen MR) is 76.8 cm³/mol. The number of nitrogens with one attached hydrogen (secondary N) is 1. The van der Waals surface area contributed by atoms with Gasteiger partial charge in [-0.15, -0.1) is 0 Å². The molecule has 1 aliphatic rings. The van der Waals surface area contributed by atoms with Crippen LogP contribution in [0.5, 0.6) is 0 Å². The molecule has 0 radical (unpaired) electrons. The fourth-order valence-electron chi connectivity index (χ4n) is 2.49. The van der Waals surface area contributed by atoms with Crippen molar-refractivity contribution in [1.29, 1.82) is 0 Å². The molecule has 2 rings (SSSR count). The molecule has 0 unspecified atom stereocenters. The number of hydrogen-bond donors (Lipinski definition) is 1. The Hall–Kier alpha value is -1.30. The van der Waals surface area contributed by atoms with Crippen LogP contribution >= 0.6 is 0 Å². The second kappa shape index (κ2) is 6.04. The van der Waals surface area contributed by atoms with Crippen molar-refractivity contribution in [3.8, 4) is 11.8 Å². The standard InChI is InChI=1S/C16H22N2/c1-13-11-14(2)16(15(3)12-13)5-4-8-18-9-6-17-7-10-18/h11-12,17H,6-10H2,1-3H3. The van der Waals surface area contributed by atoms with E-state index in [4.69, 9.17) is 0 Å². The molecule has 1 aromatic rings. The predicted octanol–water partition coefficient (Wildman–Crippen LogP) is 1.87. The van der Waals surface area contributed by atoms with Crippen LogP contribution in [0.25, 0.3) is 0 Å². The van der Waals surface area contributed by atoms with Crippen LogP contribution in [-0.2, 0) is 0 Å². The lowest BCUT2D eigenvalue weighted by molar-refractivity contribution is 0.268. The normalized spacial score (nSPS) is 16.2. The van der Waals surface area contributed by atoms with Crippen LogP contribution in [0.2, 0.25) is 0 Å². The van der Waals surface area contributed by atoms with Gasteiger partial charge in [0.2, 0.25) is 0 Å². The summed E-state index contributed by atoms with van der Waals surface area (Å²) in [5.41, 5.74) is 5.11. The van der Waals surface area contributed by atoms with E-state index in [2.05, 4.69) is 55.0 Å². The molecular formula is C16H22N2. The summed E-state index contributed by atoms with van der Waals surface area (Å²) < 4.78 is 0. The van der Waals surface area contributed by atoms with Crippen molar-refractivity contribution in [1.82, 2.24) is 10.2 Å². The number of piperazine rings is 1. The van der Waals surface area contributed by atoms with Gasteiger partial charge in [-0.25, -0.2) is 0 Å². The van der Waals surface area contributed by atoms with Crippen LogP contribution in [-0.4, -0.2) is 37.6 Å². The maximum atomic E-state index is 3.36. The largest absolute Gasteiger partial charge is 0.314 e. The Morgan fingerprint density at radius 2 is 1.72 bits per heavy atom. The first-order valence-electron chi connectivity index (χ1n) is 6.66. The Morgan fingerprint density at radius 3 is 2.33 bits per heavy atom. The van der Waals surface area contributed by atoms with E-state index >= 15 is 0 Å². The minimum absolute atomic E-state index is 0.883. The lowest BCUT2D eigenvalue weighted by atomic mass is 10.0. The zero-order chi connectivity index (χ0) is 13.0. The summed E-state index contributed by atoms with van der Waals surface area (Å²) in [5.74, 6) is 6.66. The van der Waals surface area contributed by atoms with Gasteiger partial charge in [0.05, 0.1) is 6.54 Å². The van der Waals surface area contributed by atoms with Gasteiger partial charge in [-0.05, 0) is 31.9 Å². The van der Waals surface area contributed by atoms with E-state index in [9.17, 15) is 0 Å². The third-order valence-electron chi connectivity index (χ3n) is 3.40. The highest BCUT2D eigenvalue weighted by molar-refractivity contribution is 5.48. The van der Waals surface area contributed by atoms with Gasteiger partial charge in [-0.3, -0.25) is 4.90 Å².